The molecule has 0 radical (unpaired) electrons. The number of hydrogen-bond acceptors (Lipinski definition) is 6. The number of rotatable bonds is 0. The molecule has 0 fully saturated rings. The first kappa shape index (κ1) is 83.1. The highest BCUT2D eigenvalue weighted by atomic mass is 15.1. The lowest BCUT2D eigenvalue weighted by Crippen LogP contribution is -1.82. The van der Waals surface area contributed by atoms with Crippen molar-refractivity contribution >= 4 is 44.1 Å². The smallest absolute Gasteiger partial charge is 0.164 e. The summed E-state index contributed by atoms with van der Waals surface area (Å²) in [6, 6.07) is 32.2. The molecule has 2 N–H and O–H groups in total. The van der Waals surface area contributed by atoms with Crippen LogP contribution in [0.5, 0.6) is 0 Å². The first-order valence-corrected chi connectivity index (χ1v) is 29.0. The van der Waals surface area contributed by atoms with E-state index in [2.05, 4.69) is 9.97 Å². The van der Waals surface area contributed by atoms with Crippen LogP contribution >= 0.6 is 0 Å². The third-order valence-electron chi connectivity index (χ3n) is 7.46. The molecular formula is C64H114N8. The third kappa shape index (κ3) is 24.6. The number of hydrogen-bond donors (Lipinski definition) is 2. The summed E-state index contributed by atoms with van der Waals surface area (Å²) in [5.74, 6) is 2.39. The van der Waals surface area contributed by atoms with E-state index in [9.17, 15) is 0 Å². The highest BCUT2D eigenvalue weighted by Gasteiger charge is 2.21. The van der Waals surface area contributed by atoms with Crippen molar-refractivity contribution in [3.05, 3.63) is 97.1 Å². The molecule has 0 spiro atoms. The van der Waals surface area contributed by atoms with Crippen molar-refractivity contribution in [2.45, 2.75) is 222 Å². The van der Waals surface area contributed by atoms with E-state index in [0.717, 1.165) is 43.8 Å². The van der Waals surface area contributed by atoms with Gasteiger partial charge in [0, 0.05) is 43.8 Å². The monoisotopic (exact) mass is 995 g/mol. The van der Waals surface area contributed by atoms with Gasteiger partial charge in [-0.05, 0) is 0 Å². The minimum absolute atomic E-state index is 0.597. The second kappa shape index (κ2) is 61.4. The molecule has 8 nitrogen and oxygen atoms in total. The Morgan fingerprint density at radius 3 is 0.486 bits per heavy atom. The van der Waals surface area contributed by atoms with E-state index in [-0.39, 0.29) is 0 Å². The van der Waals surface area contributed by atoms with Gasteiger partial charge in [-0.3, -0.25) is 0 Å². The first-order valence-electron chi connectivity index (χ1n) is 29.0. The lowest BCUT2D eigenvalue weighted by molar-refractivity contribution is 1.19. The Morgan fingerprint density at radius 2 is 0.333 bits per heavy atom. The van der Waals surface area contributed by atoms with Crippen LogP contribution in [-0.4, -0.2) is 39.9 Å². The number of benzene rings is 4. The van der Waals surface area contributed by atoms with Gasteiger partial charge in [-0.1, -0.05) is 319 Å². The van der Waals surface area contributed by atoms with E-state index < -0.39 is 0 Å². The molecular weight excluding hydrogens is 881 g/mol. The molecule has 410 valence electrons. The summed E-state index contributed by atoms with van der Waals surface area (Å²) in [4.78, 5) is 36.8. The maximum atomic E-state index is 5.02. The van der Waals surface area contributed by atoms with Crippen molar-refractivity contribution in [3.8, 4) is 45.6 Å². The molecule has 8 bridgehead atoms. The van der Waals surface area contributed by atoms with E-state index in [0.29, 0.717) is 45.9 Å². The van der Waals surface area contributed by atoms with Crippen LogP contribution < -0.4 is 0 Å². The number of H-pyrrole nitrogens is 2. The Kier molecular flexibility index (Phi) is 70.8. The summed E-state index contributed by atoms with van der Waals surface area (Å²) in [5, 5.41) is 3.82. The van der Waals surface area contributed by atoms with Crippen molar-refractivity contribution in [3.63, 3.8) is 0 Å². The SMILES string of the molecule is CC.CC.CC.CC.CC.CC.CC.CC.CC.CC.CC.CC.CC.CC.CC.CC.c1ccc2c(c1)-c1nc-2nc2[nH]c(nc3nc(nc4[nH]c(n1)c1ccccc41)-c1ccccc1-3)c1ccccc21. The molecule has 2 aliphatic rings. The van der Waals surface area contributed by atoms with E-state index in [1.54, 1.807) is 0 Å². The number of nitrogens with zero attached hydrogens (tertiary/aromatic N) is 6. The van der Waals surface area contributed by atoms with Gasteiger partial charge in [-0.2, -0.15) is 0 Å². The van der Waals surface area contributed by atoms with Gasteiger partial charge in [-0.15, -0.1) is 0 Å². The highest BCUT2D eigenvalue weighted by molar-refractivity contribution is 6.06. The zero-order valence-electron chi connectivity index (χ0n) is 52.9. The molecule has 0 saturated heterocycles. The maximum Gasteiger partial charge on any atom is 0.164 e. The Balaban J connectivity index is -0.000000184. The molecule has 0 saturated carbocycles. The van der Waals surface area contributed by atoms with Crippen LogP contribution in [0.2, 0.25) is 0 Å². The van der Waals surface area contributed by atoms with Crippen molar-refractivity contribution in [2.75, 3.05) is 0 Å². The van der Waals surface area contributed by atoms with Gasteiger partial charge in [-0.25, -0.2) is 29.9 Å². The topological polar surface area (TPSA) is 109 Å². The Labute approximate surface area is 446 Å². The summed E-state index contributed by atoms with van der Waals surface area (Å²) in [6.07, 6.45) is 0. The van der Waals surface area contributed by atoms with E-state index in [1.807, 2.05) is 319 Å². The average molecular weight is 996 g/mol. The van der Waals surface area contributed by atoms with Gasteiger partial charge in [0.05, 0.1) is 0 Å². The summed E-state index contributed by atoms with van der Waals surface area (Å²) in [5.41, 5.74) is 6.45. The van der Waals surface area contributed by atoms with Crippen LogP contribution in [0.15, 0.2) is 97.1 Å². The minimum Gasteiger partial charge on any atom is -0.324 e. The van der Waals surface area contributed by atoms with E-state index in [1.165, 1.54) is 0 Å². The maximum absolute atomic E-state index is 5.02. The molecule has 0 atom stereocenters. The van der Waals surface area contributed by atoms with Crippen LogP contribution in [0.25, 0.3) is 89.7 Å². The normalized spacial score (nSPS) is 8.00. The fourth-order valence-corrected chi connectivity index (χ4v) is 5.59. The number of nitrogens with one attached hydrogen (secondary N) is 2. The van der Waals surface area contributed by atoms with E-state index >= 15 is 0 Å². The molecule has 7 aromatic rings. The molecule has 8 heteroatoms. The fourth-order valence-electron chi connectivity index (χ4n) is 5.59. The van der Waals surface area contributed by atoms with Gasteiger partial charge in [0.15, 0.2) is 23.3 Å². The van der Waals surface area contributed by atoms with Crippen LogP contribution in [0.1, 0.15) is 222 Å². The fraction of sp³-hybridized carbons (Fsp3) is 0.500. The second-order valence-electron chi connectivity index (χ2n) is 9.79. The zero-order valence-corrected chi connectivity index (χ0v) is 52.9. The van der Waals surface area contributed by atoms with Crippen molar-refractivity contribution in [2.24, 2.45) is 0 Å². The molecule has 2 aliphatic heterocycles. The van der Waals surface area contributed by atoms with Crippen molar-refractivity contribution in [1.29, 1.82) is 0 Å². The second-order valence-corrected chi connectivity index (χ2v) is 9.79. The van der Waals surface area contributed by atoms with Gasteiger partial charge in [0.2, 0.25) is 0 Å². The number of aromatic amines is 2. The Bertz CT molecular complexity index is 2030. The van der Waals surface area contributed by atoms with Gasteiger partial charge in [0.1, 0.15) is 22.6 Å². The Morgan fingerprint density at radius 1 is 0.194 bits per heavy atom. The molecule has 3 aromatic heterocycles. The summed E-state index contributed by atoms with van der Waals surface area (Å²) < 4.78 is 0. The van der Waals surface area contributed by atoms with Gasteiger partial charge in [0.25, 0.3) is 0 Å². The molecule has 72 heavy (non-hydrogen) atoms. The van der Waals surface area contributed by atoms with Gasteiger partial charge < -0.3 is 9.97 Å². The first-order chi connectivity index (χ1) is 35.8. The molecule has 5 heterocycles. The highest BCUT2D eigenvalue weighted by Crippen LogP contribution is 2.36. The number of fused-ring (bicyclic) bond motifs is 20. The predicted octanol–water partition coefficient (Wildman–Crippen LogP) is 23.3. The zero-order chi connectivity index (χ0) is 58.2. The molecule has 4 aromatic carbocycles. The van der Waals surface area contributed by atoms with Crippen molar-refractivity contribution in [1.82, 2.24) is 39.9 Å². The molecule has 0 unspecified atom stereocenters. The predicted molar refractivity (Wildman–Crippen MR) is 338 cm³/mol. The van der Waals surface area contributed by atoms with Crippen LogP contribution in [0.3, 0.4) is 0 Å². The minimum atomic E-state index is 0.597. The lowest BCUT2D eigenvalue weighted by Gasteiger charge is -1.96. The third-order valence-corrected chi connectivity index (χ3v) is 7.46. The average Bonchev–Trinajstić information content (AvgIpc) is 4.27. The summed E-state index contributed by atoms with van der Waals surface area (Å²) >= 11 is 0. The molecule has 9 rings (SSSR count). The van der Waals surface area contributed by atoms with Crippen LogP contribution in [-0.2, 0) is 0 Å². The number of aromatic nitrogens is 8. The molecule has 0 aliphatic carbocycles. The van der Waals surface area contributed by atoms with Crippen LogP contribution in [0.4, 0.5) is 0 Å². The van der Waals surface area contributed by atoms with Crippen molar-refractivity contribution < 1.29 is 0 Å². The quantitative estimate of drug-likeness (QED) is 0.157. The Hall–Kier alpha value is -5.76. The van der Waals surface area contributed by atoms with E-state index in [4.69, 9.17) is 29.9 Å². The lowest BCUT2D eigenvalue weighted by atomic mass is 10.1. The summed E-state index contributed by atoms with van der Waals surface area (Å²) in [7, 11) is 0. The van der Waals surface area contributed by atoms with Gasteiger partial charge >= 0.3 is 0 Å². The van der Waals surface area contributed by atoms with Crippen LogP contribution in [0, 0.1) is 0 Å². The standard InChI is InChI=1S/C32H18N8.16C2H6/c1-2-10-18-17(9-1)25-33-26(18)38-28-21-13-5-6-14-22(21)30(35-28)40-32-24-16-8-7-15-23(24)31(36-32)39-29-20-12-4-3-11-19(20)27(34-29)37-25;16*1-2/h1-16H,(H2,33,34,35,36,37,38,39,40);16*1-2H3. The molecule has 0 amide bonds. The largest absolute Gasteiger partial charge is 0.324 e. The summed E-state index contributed by atoms with van der Waals surface area (Å²) in [6.45, 7) is 64.0.